The van der Waals surface area contributed by atoms with Crippen molar-refractivity contribution in [3.63, 3.8) is 0 Å². The Morgan fingerprint density at radius 2 is 1.89 bits per heavy atom. The number of nitrogens with zero attached hydrogens (tertiary/aromatic N) is 5. The summed E-state index contributed by atoms with van der Waals surface area (Å²) < 4.78 is 18.4. The summed E-state index contributed by atoms with van der Waals surface area (Å²) in [5.41, 5.74) is 6.62. The van der Waals surface area contributed by atoms with E-state index in [1.807, 2.05) is 14.1 Å². The third-order valence-electron chi connectivity index (χ3n) is 6.71. The highest BCUT2D eigenvalue weighted by atomic mass is 16.5. The molecule has 0 atom stereocenters. The fraction of sp³-hybridized carbons (Fsp3) is 0.769. The van der Waals surface area contributed by atoms with Crippen molar-refractivity contribution in [1.29, 1.82) is 0 Å². The molecule has 1 saturated heterocycles. The summed E-state index contributed by atoms with van der Waals surface area (Å²) in [5.74, 6) is 0.538. The van der Waals surface area contributed by atoms with Crippen LogP contribution >= 0.6 is 0 Å². The van der Waals surface area contributed by atoms with Gasteiger partial charge >= 0.3 is 17.7 Å². The number of carbonyl (C=O) groups excluding carboxylic acids is 1. The van der Waals surface area contributed by atoms with E-state index in [0.29, 0.717) is 63.0 Å². The van der Waals surface area contributed by atoms with Crippen molar-refractivity contribution in [3.8, 4) is 6.01 Å². The van der Waals surface area contributed by atoms with Gasteiger partial charge in [0.25, 0.3) is 0 Å². The SMILES string of the molecule is CCCCOc1nc(N)c2[nH]c(=O)n(CCCOCC3CCN(CC(=O)OCCCCN(C)C)CC3)c2n1. The number of H-pyrrole nitrogens is 1. The van der Waals surface area contributed by atoms with E-state index in [9.17, 15) is 9.59 Å². The molecule has 0 unspecified atom stereocenters. The highest BCUT2D eigenvalue weighted by Gasteiger charge is 2.21. The second-order valence-corrected chi connectivity index (χ2v) is 10.3. The predicted molar refractivity (Wildman–Crippen MR) is 146 cm³/mol. The van der Waals surface area contributed by atoms with Crippen LogP contribution in [0.4, 0.5) is 5.82 Å². The summed E-state index contributed by atoms with van der Waals surface area (Å²) in [6.07, 6.45) is 6.47. The van der Waals surface area contributed by atoms with Gasteiger partial charge in [0.1, 0.15) is 5.52 Å². The molecular weight excluding hydrogens is 490 g/mol. The van der Waals surface area contributed by atoms with Crippen molar-refractivity contribution in [3.05, 3.63) is 10.5 Å². The molecule has 12 nitrogen and oxygen atoms in total. The lowest BCUT2D eigenvalue weighted by molar-refractivity contribution is -0.145. The van der Waals surface area contributed by atoms with Gasteiger partial charge in [-0.15, -0.1) is 0 Å². The van der Waals surface area contributed by atoms with Gasteiger partial charge in [-0.05, 0) is 78.2 Å². The van der Waals surface area contributed by atoms with E-state index in [4.69, 9.17) is 19.9 Å². The molecule has 1 aliphatic rings. The van der Waals surface area contributed by atoms with Crippen molar-refractivity contribution >= 4 is 23.0 Å². The molecule has 3 N–H and O–H groups in total. The van der Waals surface area contributed by atoms with E-state index in [2.05, 4.69) is 31.7 Å². The molecule has 0 aromatic carbocycles. The molecular formula is C26H45N7O5. The van der Waals surface area contributed by atoms with Crippen molar-refractivity contribution in [2.45, 2.75) is 58.4 Å². The molecule has 38 heavy (non-hydrogen) atoms. The Labute approximate surface area is 224 Å². The van der Waals surface area contributed by atoms with Gasteiger partial charge in [0, 0.05) is 19.8 Å². The first-order valence-corrected chi connectivity index (χ1v) is 13.9. The van der Waals surface area contributed by atoms with Crippen molar-refractivity contribution < 1.29 is 19.0 Å². The van der Waals surface area contributed by atoms with E-state index in [1.54, 1.807) is 4.57 Å². The summed E-state index contributed by atoms with van der Waals surface area (Å²) in [7, 11) is 4.09. The molecule has 1 aliphatic heterocycles. The predicted octanol–water partition coefficient (Wildman–Crippen LogP) is 1.88. The van der Waals surface area contributed by atoms with E-state index in [-0.39, 0.29) is 23.5 Å². The van der Waals surface area contributed by atoms with Crippen LogP contribution in [0.2, 0.25) is 0 Å². The third kappa shape index (κ3) is 9.55. The monoisotopic (exact) mass is 535 g/mol. The van der Waals surface area contributed by atoms with Gasteiger partial charge in [0.2, 0.25) is 0 Å². The number of fused-ring (bicyclic) bond motifs is 1. The highest BCUT2D eigenvalue weighted by Crippen LogP contribution is 2.19. The zero-order chi connectivity index (χ0) is 27.3. The number of anilines is 1. The van der Waals surface area contributed by atoms with Crippen LogP contribution in [0.3, 0.4) is 0 Å². The number of aromatic nitrogens is 4. The number of nitrogen functional groups attached to an aromatic ring is 1. The zero-order valence-corrected chi connectivity index (χ0v) is 23.2. The second-order valence-electron chi connectivity index (χ2n) is 10.3. The molecule has 0 radical (unpaired) electrons. The Morgan fingerprint density at radius 3 is 2.63 bits per heavy atom. The van der Waals surface area contributed by atoms with Gasteiger partial charge in [-0.2, -0.15) is 9.97 Å². The number of carbonyl (C=O) groups is 1. The van der Waals surface area contributed by atoms with Crippen LogP contribution in [0.1, 0.15) is 51.9 Å². The largest absolute Gasteiger partial charge is 0.465 e. The lowest BCUT2D eigenvalue weighted by Crippen LogP contribution is -2.39. The summed E-state index contributed by atoms with van der Waals surface area (Å²) >= 11 is 0. The molecule has 0 saturated carbocycles. The van der Waals surface area contributed by atoms with Gasteiger partial charge in [-0.3, -0.25) is 14.3 Å². The summed E-state index contributed by atoms with van der Waals surface area (Å²) in [6, 6.07) is 0.187. The maximum Gasteiger partial charge on any atom is 0.327 e. The molecule has 0 amide bonds. The van der Waals surface area contributed by atoms with E-state index < -0.39 is 0 Å². The Balaban J connectivity index is 1.32. The maximum atomic E-state index is 12.5. The van der Waals surface area contributed by atoms with Crippen molar-refractivity contribution in [1.82, 2.24) is 29.3 Å². The number of piperidine rings is 1. The van der Waals surface area contributed by atoms with Crippen molar-refractivity contribution in [2.75, 3.05) is 72.4 Å². The van der Waals surface area contributed by atoms with Crippen LogP contribution < -0.4 is 16.2 Å². The number of nitrogens with one attached hydrogen (secondary N) is 1. The van der Waals surface area contributed by atoms with E-state index in [0.717, 1.165) is 58.2 Å². The summed E-state index contributed by atoms with van der Waals surface area (Å²) in [4.78, 5) is 40.1. The molecule has 0 bridgehead atoms. The Kier molecular flexibility index (Phi) is 12.3. The standard InChI is InChI=1S/C26H45N7O5/c1-4-5-16-38-25-29-23(27)22-24(30-25)33(26(35)28-22)12-8-15-36-19-20-9-13-32(14-10-20)18-21(34)37-17-7-6-11-31(2)3/h20H,4-19H2,1-3H3,(H,28,35)(H2,27,29,30). The molecule has 214 valence electrons. The number of unbranched alkanes of at least 4 members (excludes halogenated alkanes) is 2. The summed E-state index contributed by atoms with van der Waals surface area (Å²) in [5, 5.41) is 0. The number of hydrogen-bond acceptors (Lipinski definition) is 10. The minimum absolute atomic E-state index is 0.135. The van der Waals surface area contributed by atoms with Gasteiger partial charge in [0.15, 0.2) is 11.5 Å². The Bertz CT molecular complexity index is 1050. The number of nitrogens with two attached hydrogens (primary N) is 1. The number of aryl methyl sites for hydroxylation is 1. The molecule has 2 aromatic rings. The van der Waals surface area contributed by atoms with Gasteiger partial charge < -0.3 is 29.8 Å². The van der Waals surface area contributed by atoms with Crippen LogP contribution in [0.5, 0.6) is 6.01 Å². The Hall–Kier alpha value is -2.70. The average molecular weight is 536 g/mol. The normalized spacial score (nSPS) is 14.9. The van der Waals surface area contributed by atoms with E-state index >= 15 is 0 Å². The van der Waals surface area contributed by atoms with E-state index in [1.165, 1.54) is 0 Å². The number of esters is 1. The quantitative estimate of drug-likeness (QED) is 0.228. The fourth-order valence-electron chi connectivity index (χ4n) is 4.44. The molecule has 1 fully saturated rings. The summed E-state index contributed by atoms with van der Waals surface area (Å²) in [6.45, 7) is 7.87. The number of ether oxygens (including phenoxy) is 3. The lowest BCUT2D eigenvalue weighted by Gasteiger charge is -2.31. The van der Waals surface area contributed by atoms with Crippen molar-refractivity contribution in [2.24, 2.45) is 5.92 Å². The molecule has 0 aliphatic carbocycles. The third-order valence-corrected chi connectivity index (χ3v) is 6.71. The molecule has 0 spiro atoms. The maximum absolute atomic E-state index is 12.5. The number of hydrogen-bond donors (Lipinski definition) is 2. The first kappa shape index (κ1) is 29.9. The highest BCUT2D eigenvalue weighted by molar-refractivity contribution is 5.81. The van der Waals surface area contributed by atoms with Crippen LogP contribution in [0, 0.1) is 5.92 Å². The molecule has 12 heteroatoms. The fourth-order valence-corrected chi connectivity index (χ4v) is 4.44. The minimum Gasteiger partial charge on any atom is -0.465 e. The van der Waals surface area contributed by atoms with Crippen LogP contribution in [-0.4, -0.2) is 102 Å². The second kappa shape index (κ2) is 15.6. The first-order valence-electron chi connectivity index (χ1n) is 13.9. The lowest BCUT2D eigenvalue weighted by atomic mass is 9.98. The van der Waals surface area contributed by atoms with Gasteiger partial charge in [-0.1, -0.05) is 13.3 Å². The topological polar surface area (TPSA) is 141 Å². The minimum atomic E-state index is -0.272. The molecule has 2 aromatic heterocycles. The smallest absolute Gasteiger partial charge is 0.327 e. The number of rotatable bonds is 17. The zero-order valence-electron chi connectivity index (χ0n) is 23.2. The Morgan fingerprint density at radius 1 is 1.11 bits per heavy atom. The first-order chi connectivity index (χ1) is 18.4. The number of likely N-dealkylation sites (tertiary alicyclic amines) is 1. The van der Waals surface area contributed by atoms with Crippen LogP contribution in [0.25, 0.3) is 11.2 Å². The average Bonchev–Trinajstić information content (AvgIpc) is 3.20. The van der Waals surface area contributed by atoms with Gasteiger partial charge in [-0.25, -0.2) is 4.79 Å². The van der Waals surface area contributed by atoms with Crippen LogP contribution in [-0.2, 0) is 20.8 Å². The van der Waals surface area contributed by atoms with Crippen LogP contribution in [0.15, 0.2) is 4.79 Å². The number of aromatic amines is 1. The number of imidazole rings is 1. The van der Waals surface area contributed by atoms with Gasteiger partial charge in [0.05, 0.1) is 19.8 Å². The molecule has 3 heterocycles. The molecule has 3 rings (SSSR count).